The zero-order valence-electron chi connectivity index (χ0n) is 22.8. The van der Waals surface area contributed by atoms with E-state index in [-0.39, 0.29) is 0 Å². The number of pyridine rings is 1. The maximum absolute atomic E-state index is 4.97. The molecule has 0 fully saturated rings. The van der Waals surface area contributed by atoms with Gasteiger partial charge in [-0.05, 0) is 86.9 Å². The molecule has 0 N–H and O–H groups in total. The highest BCUT2D eigenvalue weighted by Gasteiger charge is 2.17. The maximum atomic E-state index is 4.97. The topological polar surface area (TPSA) is 16.1 Å². The molecule has 0 spiro atoms. The van der Waals surface area contributed by atoms with Gasteiger partial charge in [0.2, 0.25) is 0 Å². The number of anilines is 3. The summed E-state index contributed by atoms with van der Waals surface area (Å²) in [4.78, 5) is 7.31. The molecule has 0 aliphatic heterocycles. The number of rotatable bonds is 5. The molecule has 0 radical (unpaired) electrons. The summed E-state index contributed by atoms with van der Waals surface area (Å²) in [7, 11) is 0. The van der Waals surface area contributed by atoms with Gasteiger partial charge in [0.15, 0.2) is 0 Å². The Hall–Kier alpha value is -4.95. The largest absolute Gasteiger partial charge is 0.310 e. The van der Waals surface area contributed by atoms with E-state index >= 15 is 0 Å². The van der Waals surface area contributed by atoms with Crippen LogP contribution in [0, 0.1) is 0 Å². The molecule has 6 aromatic carbocycles. The lowest BCUT2D eigenvalue weighted by atomic mass is 9.93. The summed E-state index contributed by atoms with van der Waals surface area (Å²) < 4.78 is 0. The van der Waals surface area contributed by atoms with Gasteiger partial charge in [-0.2, -0.15) is 0 Å². The molecule has 2 heteroatoms. The predicted molar refractivity (Wildman–Crippen MR) is 171 cm³/mol. The maximum Gasteiger partial charge on any atom is 0.0781 e. The fourth-order valence-electron chi connectivity index (χ4n) is 5.82. The summed E-state index contributed by atoms with van der Waals surface area (Å²) in [5.41, 5.74) is 6.81. The van der Waals surface area contributed by atoms with Gasteiger partial charge < -0.3 is 4.90 Å². The Balaban J connectivity index is 1.47. The smallest absolute Gasteiger partial charge is 0.0781 e. The van der Waals surface area contributed by atoms with Crippen LogP contribution in [0.2, 0.25) is 0 Å². The highest BCUT2D eigenvalue weighted by molar-refractivity contribution is 6.18. The second kappa shape index (κ2) is 9.98. The summed E-state index contributed by atoms with van der Waals surface area (Å²) in [6.07, 6.45) is 1.96. The molecule has 0 atom stereocenters. The molecule has 0 amide bonds. The normalized spacial score (nSPS) is 11.5. The van der Waals surface area contributed by atoms with Crippen molar-refractivity contribution in [3.8, 4) is 11.3 Å². The van der Waals surface area contributed by atoms with E-state index < -0.39 is 0 Å². The van der Waals surface area contributed by atoms with Crippen LogP contribution in [0.1, 0.15) is 25.3 Å². The molecule has 0 aliphatic carbocycles. The van der Waals surface area contributed by atoms with Crippen molar-refractivity contribution in [2.75, 3.05) is 4.90 Å². The summed E-state index contributed by atoms with van der Waals surface area (Å²) in [5, 5.41) is 7.48. The van der Waals surface area contributed by atoms with Gasteiger partial charge >= 0.3 is 0 Å². The Bertz CT molecular complexity index is 1940. The quantitative estimate of drug-likeness (QED) is 0.212. The summed E-state index contributed by atoms with van der Waals surface area (Å²) in [6.45, 7) is 4.51. The number of nitrogens with zero attached hydrogens (tertiary/aromatic N) is 2. The molecule has 0 saturated carbocycles. The third-order valence-corrected chi connectivity index (χ3v) is 7.83. The molecule has 1 heterocycles. The Labute approximate surface area is 235 Å². The molecular formula is C38H30N2. The standard InChI is InChI=1S/C38H30N2/c1-26(2)28-23-29(25-32(24-28)40(30-12-5-3-6-13-30)31-14-7-4-8-15-31)38-37-20-19-34-33-16-10-9-11-27(33)17-18-35(34)36(37)21-22-39-38/h3-26H,1-2H3. The second-order valence-electron chi connectivity index (χ2n) is 10.7. The minimum absolute atomic E-state index is 0.370. The first kappa shape index (κ1) is 24.1. The van der Waals surface area contributed by atoms with Crippen LogP contribution in [0.4, 0.5) is 17.1 Å². The zero-order chi connectivity index (χ0) is 27.1. The Morgan fingerprint density at radius 1 is 0.500 bits per heavy atom. The molecule has 0 aliphatic rings. The Morgan fingerprint density at radius 2 is 1.10 bits per heavy atom. The number of hydrogen-bond acceptors (Lipinski definition) is 2. The van der Waals surface area contributed by atoms with Crippen LogP contribution >= 0.6 is 0 Å². The predicted octanol–water partition coefficient (Wildman–Crippen LogP) is 10.8. The van der Waals surface area contributed by atoms with E-state index in [4.69, 9.17) is 4.98 Å². The first-order valence-electron chi connectivity index (χ1n) is 13.9. The minimum Gasteiger partial charge on any atom is -0.310 e. The summed E-state index contributed by atoms with van der Waals surface area (Å²) in [6, 6.07) is 47.9. The lowest BCUT2D eigenvalue weighted by molar-refractivity contribution is 0.866. The van der Waals surface area contributed by atoms with Crippen molar-refractivity contribution in [2.45, 2.75) is 19.8 Å². The van der Waals surface area contributed by atoms with Crippen molar-refractivity contribution in [2.24, 2.45) is 0 Å². The van der Waals surface area contributed by atoms with Crippen molar-refractivity contribution in [1.29, 1.82) is 0 Å². The van der Waals surface area contributed by atoms with E-state index in [0.717, 1.165) is 28.3 Å². The van der Waals surface area contributed by atoms with E-state index in [2.05, 4.69) is 152 Å². The highest BCUT2D eigenvalue weighted by atomic mass is 15.1. The summed E-state index contributed by atoms with van der Waals surface area (Å²) >= 11 is 0. The number of fused-ring (bicyclic) bond motifs is 5. The van der Waals surface area contributed by atoms with Crippen LogP contribution in [-0.2, 0) is 0 Å². The van der Waals surface area contributed by atoms with Gasteiger partial charge in [0.1, 0.15) is 0 Å². The molecule has 0 unspecified atom stereocenters. The molecule has 2 nitrogen and oxygen atoms in total. The summed E-state index contributed by atoms with van der Waals surface area (Å²) in [5.74, 6) is 0.370. The monoisotopic (exact) mass is 514 g/mol. The van der Waals surface area contributed by atoms with Gasteiger partial charge in [0.25, 0.3) is 0 Å². The zero-order valence-corrected chi connectivity index (χ0v) is 22.8. The first-order chi connectivity index (χ1) is 19.7. The lowest BCUT2D eigenvalue weighted by Crippen LogP contribution is -2.10. The number of hydrogen-bond donors (Lipinski definition) is 0. The molecule has 0 saturated heterocycles. The second-order valence-corrected chi connectivity index (χ2v) is 10.7. The van der Waals surface area contributed by atoms with Crippen molar-refractivity contribution < 1.29 is 0 Å². The molecule has 7 rings (SSSR count). The fourth-order valence-corrected chi connectivity index (χ4v) is 5.82. The van der Waals surface area contributed by atoms with Crippen LogP contribution in [0.25, 0.3) is 43.6 Å². The molecule has 1 aromatic heterocycles. The van der Waals surface area contributed by atoms with E-state index in [1.54, 1.807) is 0 Å². The number of para-hydroxylation sites is 2. The first-order valence-corrected chi connectivity index (χ1v) is 13.9. The van der Waals surface area contributed by atoms with E-state index in [1.807, 2.05) is 6.20 Å². The van der Waals surface area contributed by atoms with Crippen LogP contribution in [-0.4, -0.2) is 4.98 Å². The average Bonchev–Trinajstić information content (AvgIpc) is 3.01. The lowest BCUT2D eigenvalue weighted by Gasteiger charge is -2.27. The average molecular weight is 515 g/mol. The van der Waals surface area contributed by atoms with E-state index in [1.165, 1.54) is 37.9 Å². The van der Waals surface area contributed by atoms with Crippen LogP contribution in [0.15, 0.2) is 140 Å². The minimum atomic E-state index is 0.370. The van der Waals surface area contributed by atoms with Crippen LogP contribution in [0.5, 0.6) is 0 Å². The Morgan fingerprint density at radius 3 is 1.82 bits per heavy atom. The van der Waals surface area contributed by atoms with Crippen LogP contribution < -0.4 is 4.90 Å². The van der Waals surface area contributed by atoms with Crippen molar-refractivity contribution in [3.05, 3.63) is 145 Å². The molecule has 7 aromatic rings. The SMILES string of the molecule is CC(C)c1cc(-c2nccc3c2ccc2c4ccccc4ccc32)cc(N(c2ccccc2)c2ccccc2)c1. The van der Waals surface area contributed by atoms with Gasteiger partial charge in [0.05, 0.1) is 5.69 Å². The van der Waals surface area contributed by atoms with Crippen molar-refractivity contribution >= 4 is 49.4 Å². The van der Waals surface area contributed by atoms with Gasteiger partial charge in [-0.25, -0.2) is 0 Å². The van der Waals surface area contributed by atoms with Crippen LogP contribution in [0.3, 0.4) is 0 Å². The molecule has 40 heavy (non-hydrogen) atoms. The van der Waals surface area contributed by atoms with Crippen molar-refractivity contribution in [1.82, 2.24) is 4.98 Å². The number of benzene rings is 6. The molecular weight excluding hydrogens is 484 g/mol. The molecule has 0 bridgehead atoms. The third kappa shape index (κ3) is 4.19. The van der Waals surface area contributed by atoms with Gasteiger partial charge in [-0.3, -0.25) is 4.98 Å². The van der Waals surface area contributed by atoms with E-state index in [9.17, 15) is 0 Å². The van der Waals surface area contributed by atoms with Gasteiger partial charge in [-0.1, -0.05) is 98.8 Å². The third-order valence-electron chi connectivity index (χ3n) is 7.83. The van der Waals surface area contributed by atoms with Gasteiger partial charge in [-0.15, -0.1) is 0 Å². The van der Waals surface area contributed by atoms with E-state index in [0.29, 0.717) is 5.92 Å². The van der Waals surface area contributed by atoms with Gasteiger partial charge in [0, 0.05) is 34.2 Å². The Kier molecular flexibility index (Phi) is 6.02. The fraction of sp³-hybridized carbons (Fsp3) is 0.0789. The highest BCUT2D eigenvalue weighted by Crippen LogP contribution is 2.40. The van der Waals surface area contributed by atoms with Crippen molar-refractivity contribution in [3.63, 3.8) is 0 Å². The molecule has 192 valence electrons. The number of aromatic nitrogens is 1.